The van der Waals surface area contributed by atoms with E-state index < -0.39 is 11.8 Å². The van der Waals surface area contributed by atoms with Gasteiger partial charge in [-0.2, -0.15) is 0 Å². The van der Waals surface area contributed by atoms with Gasteiger partial charge in [-0.1, -0.05) is 41.6 Å². The fourth-order valence-corrected chi connectivity index (χ4v) is 2.50. The fraction of sp³-hybridized carbons (Fsp3) is 0.143. The predicted octanol–water partition coefficient (Wildman–Crippen LogP) is 3.52. The second-order valence-corrected chi connectivity index (χ2v) is 5.02. The van der Waals surface area contributed by atoms with Crippen LogP contribution in [0.15, 0.2) is 41.6 Å². The van der Waals surface area contributed by atoms with E-state index in [4.69, 9.17) is 5.11 Å². The summed E-state index contributed by atoms with van der Waals surface area (Å²) >= 11 is 1.19. The number of aromatic nitrogens is 1. The van der Waals surface area contributed by atoms with Crippen LogP contribution in [-0.2, 0) is 5.75 Å². The summed E-state index contributed by atoms with van der Waals surface area (Å²) in [4.78, 5) is 14.7. The van der Waals surface area contributed by atoms with Crippen LogP contribution in [-0.4, -0.2) is 16.1 Å². The molecule has 5 heteroatoms. The van der Waals surface area contributed by atoms with Crippen molar-refractivity contribution in [3.63, 3.8) is 0 Å². The van der Waals surface area contributed by atoms with Crippen molar-refractivity contribution in [3.05, 3.63) is 59.0 Å². The number of aryl methyl sites for hydroxylation is 1. The molecule has 0 saturated carbocycles. The van der Waals surface area contributed by atoms with E-state index in [0.717, 1.165) is 17.2 Å². The fourth-order valence-electron chi connectivity index (χ4n) is 1.64. The summed E-state index contributed by atoms with van der Waals surface area (Å²) in [5, 5.41) is 8.95. The van der Waals surface area contributed by atoms with Gasteiger partial charge in [-0.05, 0) is 18.6 Å². The van der Waals surface area contributed by atoms with Gasteiger partial charge in [0.25, 0.3) is 0 Å². The molecule has 0 saturated heterocycles. The first kappa shape index (κ1) is 13.5. The van der Waals surface area contributed by atoms with Crippen LogP contribution in [0.5, 0.6) is 0 Å². The van der Waals surface area contributed by atoms with Gasteiger partial charge in [0.2, 0.25) is 0 Å². The Morgan fingerprint density at radius 2 is 2.21 bits per heavy atom. The largest absolute Gasteiger partial charge is 0.478 e. The highest BCUT2D eigenvalue weighted by Crippen LogP contribution is 2.25. The van der Waals surface area contributed by atoms with Crippen molar-refractivity contribution in [3.8, 4) is 0 Å². The monoisotopic (exact) mass is 277 g/mol. The normalized spacial score (nSPS) is 10.4. The summed E-state index contributed by atoms with van der Waals surface area (Å²) in [6.07, 6.45) is 1.31. The predicted molar refractivity (Wildman–Crippen MR) is 71.9 cm³/mol. The number of aromatic carboxylic acids is 1. The van der Waals surface area contributed by atoms with Gasteiger partial charge in [-0.3, -0.25) is 0 Å². The first-order chi connectivity index (χ1) is 9.08. The first-order valence-corrected chi connectivity index (χ1v) is 6.62. The third-order valence-electron chi connectivity index (χ3n) is 2.55. The molecule has 0 aliphatic carbocycles. The number of thioether (sulfide) groups is 1. The SMILES string of the molecule is Cc1cccc(CSc2nccc(C(=O)O)c2F)c1. The van der Waals surface area contributed by atoms with E-state index in [1.807, 2.05) is 31.2 Å². The highest BCUT2D eigenvalue weighted by atomic mass is 32.2. The first-order valence-electron chi connectivity index (χ1n) is 5.64. The van der Waals surface area contributed by atoms with E-state index in [1.165, 1.54) is 18.0 Å². The standard InChI is InChI=1S/C14H12FNO2S/c1-9-3-2-4-10(7-9)8-19-13-12(15)11(14(17)18)5-6-16-13/h2-7H,8H2,1H3,(H,17,18). The maximum atomic E-state index is 13.8. The van der Waals surface area contributed by atoms with E-state index in [0.29, 0.717) is 5.75 Å². The molecule has 1 aromatic carbocycles. The third-order valence-corrected chi connectivity index (χ3v) is 3.58. The second-order valence-electron chi connectivity index (χ2n) is 4.06. The van der Waals surface area contributed by atoms with Crippen LogP contribution >= 0.6 is 11.8 Å². The number of carboxylic acids is 1. The van der Waals surface area contributed by atoms with Crippen LogP contribution in [0.1, 0.15) is 21.5 Å². The number of carbonyl (C=O) groups is 1. The Kier molecular flexibility index (Phi) is 4.16. The number of rotatable bonds is 4. The van der Waals surface area contributed by atoms with Gasteiger partial charge >= 0.3 is 5.97 Å². The van der Waals surface area contributed by atoms with E-state index in [1.54, 1.807) is 0 Å². The molecule has 0 amide bonds. The highest BCUT2D eigenvalue weighted by molar-refractivity contribution is 7.98. The van der Waals surface area contributed by atoms with Crippen molar-refractivity contribution in [2.45, 2.75) is 17.7 Å². The number of benzene rings is 1. The summed E-state index contributed by atoms with van der Waals surface area (Å²) < 4.78 is 13.8. The Bertz CT molecular complexity index is 616. The zero-order valence-electron chi connectivity index (χ0n) is 10.3. The molecule has 0 fully saturated rings. The molecule has 0 spiro atoms. The number of hydrogen-bond acceptors (Lipinski definition) is 3. The maximum Gasteiger partial charge on any atom is 0.338 e. The molecule has 2 aromatic rings. The van der Waals surface area contributed by atoms with Crippen molar-refractivity contribution in [2.75, 3.05) is 0 Å². The topological polar surface area (TPSA) is 50.2 Å². The lowest BCUT2D eigenvalue weighted by Crippen LogP contribution is -2.02. The maximum absolute atomic E-state index is 13.8. The Balaban J connectivity index is 2.16. The molecular formula is C14H12FNO2S. The summed E-state index contributed by atoms with van der Waals surface area (Å²) in [5.41, 5.74) is 1.83. The Hall–Kier alpha value is -1.88. The number of carboxylic acid groups (broad SMARTS) is 1. The van der Waals surface area contributed by atoms with Gasteiger partial charge < -0.3 is 5.11 Å². The van der Waals surface area contributed by atoms with Gasteiger partial charge in [0.05, 0.1) is 5.56 Å². The summed E-state index contributed by atoms with van der Waals surface area (Å²) in [6, 6.07) is 9.03. The minimum absolute atomic E-state index is 0.112. The lowest BCUT2D eigenvalue weighted by Gasteiger charge is -2.05. The third kappa shape index (κ3) is 3.32. The van der Waals surface area contributed by atoms with E-state index in [2.05, 4.69) is 4.98 Å². The molecule has 0 aliphatic rings. The van der Waals surface area contributed by atoms with Crippen LogP contribution < -0.4 is 0 Å². The number of nitrogens with zero attached hydrogens (tertiary/aromatic N) is 1. The minimum Gasteiger partial charge on any atom is -0.478 e. The molecule has 0 unspecified atom stereocenters. The lowest BCUT2D eigenvalue weighted by atomic mass is 10.2. The average molecular weight is 277 g/mol. The zero-order chi connectivity index (χ0) is 13.8. The van der Waals surface area contributed by atoms with Crippen LogP contribution in [0, 0.1) is 12.7 Å². The van der Waals surface area contributed by atoms with Crippen molar-refractivity contribution in [2.24, 2.45) is 0 Å². The van der Waals surface area contributed by atoms with Crippen molar-refractivity contribution in [1.29, 1.82) is 0 Å². The molecule has 3 nitrogen and oxygen atoms in total. The average Bonchev–Trinajstić information content (AvgIpc) is 2.37. The van der Waals surface area contributed by atoms with Crippen LogP contribution in [0.4, 0.5) is 4.39 Å². The van der Waals surface area contributed by atoms with E-state index in [9.17, 15) is 9.18 Å². The molecule has 2 rings (SSSR count). The molecule has 1 aromatic heterocycles. The Morgan fingerprint density at radius 1 is 1.42 bits per heavy atom. The number of hydrogen-bond donors (Lipinski definition) is 1. The van der Waals surface area contributed by atoms with Gasteiger partial charge in [-0.25, -0.2) is 14.2 Å². The lowest BCUT2D eigenvalue weighted by molar-refractivity contribution is 0.0691. The Morgan fingerprint density at radius 3 is 2.89 bits per heavy atom. The molecule has 1 heterocycles. The van der Waals surface area contributed by atoms with Crippen molar-refractivity contribution in [1.82, 2.24) is 4.98 Å². The molecule has 0 bridgehead atoms. The highest BCUT2D eigenvalue weighted by Gasteiger charge is 2.15. The van der Waals surface area contributed by atoms with Crippen molar-refractivity contribution >= 4 is 17.7 Å². The van der Waals surface area contributed by atoms with Crippen LogP contribution in [0.25, 0.3) is 0 Å². The van der Waals surface area contributed by atoms with Crippen LogP contribution in [0.3, 0.4) is 0 Å². The van der Waals surface area contributed by atoms with E-state index >= 15 is 0 Å². The molecule has 0 atom stereocenters. The smallest absolute Gasteiger partial charge is 0.338 e. The van der Waals surface area contributed by atoms with Gasteiger partial charge in [0.1, 0.15) is 5.03 Å². The summed E-state index contributed by atoms with van der Waals surface area (Å²) in [7, 11) is 0. The zero-order valence-corrected chi connectivity index (χ0v) is 11.1. The van der Waals surface area contributed by atoms with Gasteiger partial charge in [0, 0.05) is 11.9 Å². The summed E-state index contributed by atoms with van der Waals surface area (Å²) in [5.74, 6) is -1.50. The molecular weight excluding hydrogens is 265 g/mol. The number of halogens is 1. The second kappa shape index (κ2) is 5.84. The van der Waals surface area contributed by atoms with Gasteiger partial charge in [0.15, 0.2) is 5.82 Å². The van der Waals surface area contributed by atoms with Crippen LogP contribution in [0.2, 0.25) is 0 Å². The van der Waals surface area contributed by atoms with E-state index in [-0.39, 0.29) is 10.6 Å². The van der Waals surface area contributed by atoms with Crippen molar-refractivity contribution < 1.29 is 14.3 Å². The number of pyridine rings is 1. The molecule has 1 N–H and O–H groups in total. The minimum atomic E-state index is -1.28. The molecule has 98 valence electrons. The Labute approximate surface area is 114 Å². The summed E-state index contributed by atoms with van der Waals surface area (Å²) in [6.45, 7) is 1.98. The molecule has 0 radical (unpaired) electrons. The quantitative estimate of drug-likeness (QED) is 0.869. The van der Waals surface area contributed by atoms with Gasteiger partial charge in [-0.15, -0.1) is 0 Å². The molecule has 19 heavy (non-hydrogen) atoms. The molecule has 0 aliphatic heterocycles.